The molecule has 162 valence electrons. The lowest BCUT2D eigenvalue weighted by Gasteiger charge is -2.33. The Kier molecular flexibility index (Phi) is 4.84. The molecule has 1 aromatic carbocycles. The van der Waals surface area contributed by atoms with E-state index in [1.165, 1.54) is 17.2 Å². The van der Waals surface area contributed by atoms with Gasteiger partial charge in [0, 0.05) is 17.1 Å². The van der Waals surface area contributed by atoms with E-state index in [4.69, 9.17) is 15.2 Å². The number of nitrogens with two attached hydrogens (primary N) is 1. The number of aromatic nitrogens is 5. The van der Waals surface area contributed by atoms with E-state index >= 15 is 0 Å². The molecule has 4 aromatic rings. The molecule has 0 unspecified atom stereocenters. The van der Waals surface area contributed by atoms with Gasteiger partial charge in [0.15, 0.2) is 17.6 Å². The second kappa shape index (κ2) is 7.55. The topological polar surface area (TPSA) is 165 Å². The van der Waals surface area contributed by atoms with Crippen LogP contribution < -0.4 is 5.73 Å². The number of fused-ring (bicyclic) bond motifs is 2. The van der Waals surface area contributed by atoms with Gasteiger partial charge in [-0.2, -0.15) is 0 Å². The number of nitrogen functional groups attached to an aromatic ring is 1. The molecular formula is C20H22N6O5. The van der Waals surface area contributed by atoms with Gasteiger partial charge in [-0.3, -0.25) is 4.57 Å². The highest BCUT2D eigenvalue weighted by atomic mass is 16.7. The molecule has 1 aliphatic heterocycles. The Labute approximate surface area is 176 Å². The maximum Gasteiger partial charge on any atom is 0.288 e. The molecule has 3 aromatic heterocycles. The van der Waals surface area contributed by atoms with Crippen LogP contribution >= 0.6 is 0 Å². The van der Waals surface area contributed by atoms with E-state index in [0.29, 0.717) is 11.9 Å². The van der Waals surface area contributed by atoms with Crippen LogP contribution in [0, 0.1) is 0 Å². The number of aromatic amines is 1. The number of ether oxygens (including phenoxy) is 2. The van der Waals surface area contributed by atoms with E-state index in [9.17, 15) is 15.3 Å². The van der Waals surface area contributed by atoms with Crippen LogP contribution in [0.15, 0.2) is 43.1 Å². The second-order valence-corrected chi connectivity index (χ2v) is 7.41. The van der Waals surface area contributed by atoms with Crippen molar-refractivity contribution in [2.24, 2.45) is 0 Å². The monoisotopic (exact) mass is 426 g/mol. The lowest BCUT2D eigenvalue weighted by atomic mass is 10.1. The average Bonchev–Trinajstić information content (AvgIpc) is 3.46. The molecule has 0 bridgehead atoms. The summed E-state index contributed by atoms with van der Waals surface area (Å²) in [6, 6.07) is 7.89. The first-order valence-corrected chi connectivity index (χ1v) is 9.83. The number of para-hydroxylation sites is 1. The highest BCUT2D eigenvalue weighted by Crippen LogP contribution is 2.39. The standard InChI is InChI=1S/C20H22N6O5/c21-18-15-19(24-9-23-18)26(10-25-15)20(17(29)16(28)14(8-27)31-20)30-6-5-11-7-22-13-4-2-1-3-12(11)13/h1-4,7,9-10,14,16-17,22,27-29H,5-6,8H2,(H2,21,23,24)/t14-,16-,17-,20-/m1/s1. The molecule has 0 spiro atoms. The van der Waals surface area contributed by atoms with Gasteiger partial charge in [-0.05, 0) is 18.1 Å². The quantitative estimate of drug-likeness (QED) is 0.282. The van der Waals surface area contributed by atoms with Crippen LogP contribution in [0.4, 0.5) is 5.82 Å². The number of hydrogen-bond donors (Lipinski definition) is 5. The maximum absolute atomic E-state index is 10.9. The summed E-state index contributed by atoms with van der Waals surface area (Å²) in [6.45, 7) is -0.362. The maximum atomic E-state index is 10.9. The molecule has 0 aliphatic carbocycles. The molecule has 0 radical (unpaired) electrons. The molecule has 4 atom stereocenters. The molecule has 11 nitrogen and oxygen atoms in total. The van der Waals surface area contributed by atoms with Crippen LogP contribution in [-0.2, 0) is 21.8 Å². The number of H-pyrrole nitrogens is 1. The number of benzene rings is 1. The van der Waals surface area contributed by atoms with Crippen LogP contribution in [0.2, 0.25) is 0 Å². The summed E-state index contributed by atoms with van der Waals surface area (Å²) >= 11 is 0. The number of imidazole rings is 1. The summed E-state index contributed by atoms with van der Waals surface area (Å²) in [4.78, 5) is 15.5. The summed E-state index contributed by atoms with van der Waals surface area (Å²) < 4.78 is 13.3. The Bertz CT molecular complexity index is 1230. The smallest absolute Gasteiger partial charge is 0.288 e. The summed E-state index contributed by atoms with van der Waals surface area (Å²) in [5.41, 5.74) is 8.49. The van der Waals surface area contributed by atoms with Crippen molar-refractivity contribution in [1.82, 2.24) is 24.5 Å². The van der Waals surface area contributed by atoms with Gasteiger partial charge < -0.3 is 35.5 Å². The molecule has 5 rings (SSSR count). The predicted molar refractivity (Wildman–Crippen MR) is 110 cm³/mol. The third-order valence-corrected chi connectivity index (χ3v) is 5.63. The highest BCUT2D eigenvalue weighted by Gasteiger charge is 2.57. The van der Waals surface area contributed by atoms with Crippen molar-refractivity contribution >= 4 is 27.9 Å². The number of nitrogens with zero attached hydrogens (tertiary/aromatic N) is 4. The van der Waals surface area contributed by atoms with Crippen LogP contribution in [-0.4, -0.2) is 71.3 Å². The molecule has 0 amide bonds. The SMILES string of the molecule is Nc1ncnc2c1ncn2[C@]1(OCCc2c[nH]c3ccccc23)O[C@H](CO)[C@@H](O)[C@H]1O. The molecule has 4 heterocycles. The first-order chi connectivity index (χ1) is 15.0. The Morgan fingerprint density at radius 2 is 2.06 bits per heavy atom. The van der Waals surface area contributed by atoms with Crippen molar-refractivity contribution in [2.75, 3.05) is 18.9 Å². The van der Waals surface area contributed by atoms with Gasteiger partial charge in [0.05, 0.1) is 13.2 Å². The number of aliphatic hydroxyl groups is 3. The van der Waals surface area contributed by atoms with Gasteiger partial charge in [-0.1, -0.05) is 18.2 Å². The normalized spacial score (nSPS) is 26.2. The Morgan fingerprint density at radius 3 is 2.87 bits per heavy atom. The van der Waals surface area contributed by atoms with Crippen LogP contribution in [0.3, 0.4) is 0 Å². The zero-order valence-corrected chi connectivity index (χ0v) is 16.4. The van der Waals surface area contributed by atoms with Gasteiger partial charge in [0.25, 0.3) is 5.91 Å². The van der Waals surface area contributed by atoms with Gasteiger partial charge in [0.1, 0.15) is 30.4 Å². The summed E-state index contributed by atoms with van der Waals surface area (Å²) in [7, 11) is 0. The van der Waals surface area contributed by atoms with Gasteiger partial charge in [-0.15, -0.1) is 0 Å². The third-order valence-electron chi connectivity index (χ3n) is 5.63. The van der Waals surface area contributed by atoms with E-state index in [2.05, 4.69) is 19.9 Å². The van der Waals surface area contributed by atoms with E-state index in [1.807, 2.05) is 30.5 Å². The van der Waals surface area contributed by atoms with E-state index < -0.39 is 30.8 Å². The number of aliphatic hydroxyl groups excluding tert-OH is 3. The minimum Gasteiger partial charge on any atom is -0.394 e. The van der Waals surface area contributed by atoms with Gasteiger partial charge >= 0.3 is 0 Å². The first-order valence-electron chi connectivity index (χ1n) is 9.83. The fraction of sp³-hybridized carbons (Fsp3) is 0.350. The molecule has 1 aliphatic rings. The zero-order chi connectivity index (χ0) is 21.6. The third kappa shape index (κ3) is 3.06. The summed E-state index contributed by atoms with van der Waals surface area (Å²) in [5, 5.41) is 32.0. The molecule has 1 saturated heterocycles. The van der Waals surface area contributed by atoms with Crippen LogP contribution in [0.25, 0.3) is 22.1 Å². The second-order valence-electron chi connectivity index (χ2n) is 7.41. The number of hydrogen-bond acceptors (Lipinski definition) is 9. The zero-order valence-electron chi connectivity index (χ0n) is 16.4. The van der Waals surface area contributed by atoms with Crippen molar-refractivity contribution < 1.29 is 24.8 Å². The Morgan fingerprint density at radius 1 is 1.23 bits per heavy atom. The fourth-order valence-electron chi connectivity index (χ4n) is 4.04. The van der Waals surface area contributed by atoms with Crippen molar-refractivity contribution in [3.63, 3.8) is 0 Å². The highest BCUT2D eigenvalue weighted by molar-refractivity contribution is 5.83. The molecule has 1 fully saturated rings. The average molecular weight is 426 g/mol. The molecule has 11 heteroatoms. The van der Waals surface area contributed by atoms with Gasteiger partial charge in [0.2, 0.25) is 0 Å². The van der Waals surface area contributed by atoms with Crippen molar-refractivity contribution in [2.45, 2.75) is 30.6 Å². The van der Waals surface area contributed by atoms with Crippen LogP contribution in [0.5, 0.6) is 0 Å². The lowest BCUT2D eigenvalue weighted by Crippen LogP contribution is -2.48. The Balaban J connectivity index is 1.50. The predicted octanol–water partition coefficient (Wildman–Crippen LogP) is -0.128. The summed E-state index contributed by atoms with van der Waals surface area (Å²) in [6.07, 6.45) is 1.08. The number of rotatable bonds is 6. The molecular weight excluding hydrogens is 404 g/mol. The molecule has 6 N–H and O–H groups in total. The minimum absolute atomic E-state index is 0.143. The fourth-order valence-corrected chi connectivity index (χ4v) is 4.04. The summed E-state index contributed by atoms with van der Waals surface area (Å²) in [5.74, 6) is -1.70. The molecule has 0 saturated carbocycles. The van der Waals surface area contributed by atoms with Crippen molar-refractivity contribution in [3.05, 3.63) is 48.7 Å². The Hall–Kier alpha value is -3.09. The first kappa shape index (κ1) is 19.8. The van der Waals surface area contributed by atoms with Gasteiger partial charge in [-0.25, -0.2) is 15.0 Å². The van der Waals surface area contributed by atoms with Crippen molar-refractivity contribution in [3.8, 4) is 0 Å². The number of nitrogens with one attached hydrogen (secondary N) is 1. The van der Waals surface area contributed by atoms with Crippen LogP contribution in [0.1, 0.15) is 5.56 Å². The molecule has 31 heavy (non-hydrogen) atoms. The van der Waals surface area contributed by atoms with E-state index in [1.54, 1.807) is 0 Å². The number of anilines is 1. The lowest BCUT2D eigenvalue weighted by molar-refractivity contribution is -0.313. The van der Waals surface area contributed by atoms with E-state index in [0.717, 1.165) is 16.5 Å². The largest absolute Gasteiger partial charge is 0.394 e. The van der Waals surface area contributed by atoms with E-state index in [-0.39, 0.29) is 18.1 Å². The minimum atomic E-state index is -1.85. The van der Waals surface area contributed by atoms with Crippen molar-refractivity contribution in [1.29, 1.82) is 0 Å².